The van der Waals surface area contributed by atoms with Crippen molar-refractivity contribution < 1.29 is 13.9 Å². The predicted molar refractivity (Wildman–Crippen MR) is 103 cm³/mol. The van der Waals surface area contributed by atoms with Crippen LogP contribution < -0.4 is 10.1 Å². The van der Waals surface area contributed by atoms with Crippen LogP contribution in [0.1, 0.15) is 40.7 Å². The molecule has 1 atom stereocenters. The first kappa shape index (κ1) is 17.3. The smallest absolute Gasteiger partial charge is 0.287 e. The monoisotopic (exact) mass is 362 g/mol. The molecule has 0 radical (unpaired) electrons. The highest BCUT2D eigenvalue weighted by molar-refractivity contribution is 5.92. The van der Waals surface area contributed by atoms with Crippen molar-refractivity contribution in [1.29, 1.82) is 0 Å². The largest absolute Gasteiger partial charge is 0.497 e. The van der Waals surface area contributed by atoms with Crippen molar-refractivity contribution in [3.8, 4) is 17.1 Å². The number of amides is 1. The Hall–Kier alpha value is -3.08. The lowest BCUT2D eigenvalue weighted by Gasteiger charge is -2.18. The highest BCUT2D eigenvalue weighted by Crippen LogP contribution is 2.41. The molecule has 4 rings (SSSR count). The number of hydrogen-bond donors (Lipinski definition) is 1. The fourth-order valence-electron chi connectivity index (χ4n) is 3.25. The van der Waals surface area contributed by atoms with E-state index in [1.807, 2.05) is 49.4 Å². The third-order valence-corrected chi connectivity index (χ3v) is 4.93. The maximum atomic E-state index is 12.8. The minimum atomic E-state index is -0.211. The maximum absolute atomic E-state index is 12.8. The number of pyridine rings is 1. The molecule has 1 aliphatic carbocycles. The van der Waals surface area contributed by atoms with Gasteiger partial charge in [-0.2, -0.15) is 0 Å². The summed E-state index contributed by atoms with van der Waals surface area (Å²) in [4.78, 5) is 17.3. The second-order valence-corrected chi connectivity index (χ2v) is 6.89. The highest BCUT2D eigenvalue weighted by Gasteiger charge is 2.35. The van der Waals surface area contributed by atoms with Crippen LogP contribution in [0.5, 0.6) is 5.75 Å². The number of ether oxygens (including phenoxy) is 1. The van der Waals surface area contributed by atoms with E-state index in [1.165, 1.54) is 0 Å². The standard InChI is InChI=1S/C22H22N2O3/c1-14-4-3-13-23-20(14)21(16-5-6-16)24-22(25)19-12-11-18(27-19)15-7-9-17(26-2)10-8-15/h3-4,7-13,16,21H,5-6H2,1-2H3,(H,24,25)/t21-/m0/s1. The molecular formula is C22H22N2O3. The van der Waals surface area contributed by atoms with Crippen molar-refractivity contribution in [2.24, 2.45) is 5.92 Å². The van der Waals surface area contributed by atoms with Crippen LogP contribution in [0.25, 0.3) is 11.3 Å². The third-order valence-electron chi connectivity index (χ3n) is 4.93. The van der Waals surface area contributed by atoms with E-state index in [-0.39, 0.29) is 11.9 Å². The topological polar surface area (TPSA) is 64.4 Å². The summed E-state index contributed by atoms with van der Waals surface area (Å²) in [6.07, 6.45) is 3.99. The van der Waals surface area contributed by atoms with Gasteiger partial charge in [0.15, 0.2) is 5.76 Å². The van der Waals surface area contributed by atoms with E-state index < -0.39 is 0 Å². The molecule has 1 fully saturated rings. The first-order chi connectivity index (χ1) is 13.2. The van der Waals surface area contributed by atoms with Gasteiger partial charge in [-0.25, -0.2) is 0 Å². The van der Waals surface area contributed by atoms with E-state index in [2.05, 4.69) is 10.3 Å². The number of hydrogen-bond acceptors (Lipinski definition) is 4. The minimum absolute atomic E-state index is 0.0757. The lowest BCUT2D eigenvalue weighted by atomic mass is 10.0. The number of carbonyl (C=O) groups is 1. The Morgan fingerprint density at radius 2 is 1.96 bits per heavy atom. The van der Waals surface area contributed by atoms with Gasteiger partial charge in [0.2, 0.25) is 0 Å². The molecule has 5 heteroatoms. The van der Waals surface area contributed by atoms with Crippen molar-refractivity contribution in [2.75, 3.05) is 7.11 Å². The zero-order valence-corrected chi connectivity index (χ0v) is 15.4. The van der Waals surface area contributed by atoms with Crippen LogP contribution in [0.4, 0.5) is 0 Å². The van der Waals surface area contributed by atoms with Gasteiger partial charge in [-0.15, -0.1) is 0 Å². The predicted octanol–water partition coefficient (Wildman–Crippen LogP) is 4.54. The Labute approximate surface area is 158 Å². The van der Waals surface area contributed by atoms with Gasteiger partial charge in [0.25, 0.3) is 5.91 Å². The zero-order chi connectivity index (χ0) is 18.8. The molecule has 1 N–H and O–H groups in total. The van der Waals surface area contributed by atoms with Crippen molar-refractivity contribution in [3.05, 3.63) is 71.7 Å². The van der Waals surface area contributed by atoms with Gasteiger partial charge in [-0.05, 0) is 73.7 Å². The number of furan rings is 1. The molecule has 0 unspecified atom stereocenters. The molecule has 2 aromatic heterocycles. The van der Waals surface area contributed by atoms with E-state index in [9.17, 15) is 4.79 Å². The van der Waals surface area contributed by atoms with Crippen LogP contribution in [0.2, 0.25) is 0 Å². The number of nitrogens with one attached hydrogen (secondary N) is 1. The van der Waals surface area contributed by atoms with Gasteiger partial charge in [-0.1, -0.05) is 6.07 Å². The Bertz CT molecular complexity index is 942. The summed E-state index contributed by atoms with van der Waals surface area (Å²) in [5.41, 5.74) is 2.93. The van der Waals surface area contributed by atoms with Crippen LogP contribution in [-0.2, 0) is 0 Å². The van der Waals surface area contributed by atoms with E-state index in [0.717, 1.165) is 35.4 Å². The Morgan fingerprint density at radius 3 is 2.63 bits per heavy atom. The number of benzene rings is 1. The average molecular weight is 362 g/mol. The SMILES string of the molecule is COc1ccc(-c2ccc(C(=O)N[C@H](c3ncccc3C)C3CC3)o2)cc1. The molecule has 5 nitrogen and oxygen atoms in total. The second-order valence-electron chi connectivity index (χ2n) is 6.89. The summed E-state index contributed by atoms with van der Waals surface area (Å²) in [6, 6.07) is 14.9. The molecule has 0 bridgehead atoms. The van der Waals surface area contributed by atoms with Gasteiger partial charge < -0.3 is 14.5 Å². The molecule has 138 valence electrons. The van der Waals surface area contributed by atoms with Gasteiger partial charge in [0, 0.05) is 11.8 Å². The minimum Gasteiger partial charge on any atom is -0.497 e. The summed E-state index contributed by atoms with van der Waals surface area (Å²) in [7, 11) is 1.63. The molecule has 2 heterocycles. The summed E-state index contributed by atoms with van der Waals surface area (Å²) in [5, 5.41) is 3.12. The number of nitrogens with zero attached hydrogens (tertiary/aromatic N) is 1. The molecule has 1 amide bonds. The molecule has 27 heavy (non-hydrogen) atoms. The van der Waals surface area contributed by atoms with Crippen LogP contribution in [-0.4, -0.2) is 18.0 Å². The van der Waals surface area contributed by atoms with E-state index >= 15 is 0 Å². The Balaban J connectivity index is 1.52. The van der Waals surface area contributed by atoms with Crippen molar-refractivity contribution in [3.63, 3.8) is 0 Å². The fraction of sp³-hybridized carbons (Fsp3) is 0.273. The quantitative estimate of drug-likeness (QED) is 0.699. The van der Waals surface area contributed by atoms with E-state index in [4.69, 9.17) is 9.15 Å². The molecule has 1 aromatic carbocycles. The number of methoxy groups -OCH3 is 1. The van der Waals surface area contributed by atoms with Gasteiger partial charge >= 0.3 is 0 Å². The zero-order valence-electron chi connectivity index (χ0n) is 15.4. The Morgan fingerprint density at radius 1 is 1.19 bits per heavy atom. The van der Waals surface area contributed by atoms with E-state index in [1.54, 1.807) is 19.4 Å². The van der Waals surface area contributed by atoms with Gasteiger partial charge in [0.05, 0.1) is 18.8 Å². The molecule has 3 aromatic rings. The molecular weight excluding hydrogens is 340 g/mol. The maximum Gasteiger partial charge on any atom is 0.287 e. The summed E-state index contributed by atoms with van der Waals surface area (Å²) >= 11 is 0. The summed E-state index contributed by atoms with van der Waals surface area (Å²) in [6.45, 7) is 2.03. The normalized spacial score (nSPS) is 14.6. The van der Waals surface area contributed by atoms with Gasteiger partial charge in [0.1, 0.15) is 11.5 Å². The molecule has 1 aliphatic rings. The average Bonchev–Trinajstić information content (AvgIpc) is 3.42. The molecule has 0 aliphatic heterocycles. The van der Waals surface area contributed by atoms with Gasteiger partial charge in [-0.3, -0.25) is 9.78 Å². The number of rotatable bonds is 6. The number of aromatic nitrogens is 1. The van der Waals surface area contributed by atoms with Crippen molar-refractivity contribution in [2.45, 2.75) is 25.8 Å². The van der Waals surface area contributed by atoms with Crippen LogP contribution in [0, 0.1) is 12.8 Å². The lowest BCUT2D eigenvalue weighted by molar-refractivity contribution is 0.0903. The lowest BCUT2D eigenvalue weighted by Crippen LogP contribution is -2.30. The van der Waals surface area contributed by atoms with Crippen LogP contribution in [0.15, 0.2) is 59.1 Å². The van der Waals surface area contributed by atoms with Crippen molar-refractivity contribution in [1.82, 2.24) is 10.3 Å². The Kier molecular flexibility index (Phi) is 4.67. The summed E-state index contributed by atoms with van der Waals surface area (Å²) < 4.78 is 11.0. The first-order valence-corrected chi connectivity index (χ1v) is 9.12. The third kappa shape index (κ3) is 3.72. The first-order valence-electron chi connectivity index (χ1n) is 9.12. The summed E-state index contributed by atoms with van der Waals surface area (Å²) in [5.74, 6) is 1.97. The van der Waals surface area contributed by atoms with Crippen molar-refractivity contribution >= 4 is 5.91 Å². The number of carbonyl (C=O) groups excluding carboxylic acids is 1. The molecule has 0 saturated heterocycles. The fourth-order valence-corrected chi connectivity index (χ4v) is 3.25. The van der Waals surface area contributed by atoms with Crippen LogP contribution >= 0.6 is 0 Å². The molecule has 1 saturated carbocycles. The highest BCUT2D eigenvalue weighted by atomic mass is 16.5. The number of aryl methyl sites for hydroxylation is 1. The van der Waals surface area contributed by atoms with Crippen LogP contribution in [0.3, 0.4) is 0 Å². The molecule has 0 spiro atoms. The van der Waals surface area contributed by atoms with E-state index in [0.29, 0.717) is 17.4 Å². The second kappa shape index (κ2) is 7.27.